The zero-order valence-corrected chi connectivity index (χ0v) is 34.3. The molecule has 0 aromatic carbocycles. The number of rotatable bonds is 42. The lowest BCUT2D eigenvalue weighted by Crippen LogP contribution is -1.88. The van der Waals surface area contributed by atoms with Gasteiger partial charge in [0, 0.05) is 0 Å². The largest absolute Gasteiger partial charge is 0.175 e. The summed E-state index contributed by atoms with van der Waals surface area (Å²) < 4.78 is 0. The Morgan fingerprint density at radius 1 is 0.217 bits per heavy atom. The van der Waals surface area contributed by atoms with Crippen molar-refractivity contribution in [1.82, 2.24) is 0 Å². The first-order valence-corrected chi connectivity index (χ1v) is 25.0. The van der Waals surface area contributed by atoms with Gasteiger partial charge in [0.05, 0.1) is 0 Å². The standard InChI is InChI=1S/C44H90PS/c1-3-5-7-9-11-13-15-17-19-21-23-25-27-29-31-33-35-37-39-41-43-45(46)44-42-40-38-36-34-32-30-28-26-24-22-20-18-16-14-12-10-8-6-4-2/h3-44H2,1-2H3/q+1. The third-order valence-electron chi connectivity index (χ3n) is 10.5. The van der Waals surface area contributed by atoms with Crippen LogP contribution in [0.4, 0.5) is 0 Å². The van der Waals surface area contributed by atoms with Gasteiger partial charge >= 0.3 is 0 Å². The summed E-state index contributed by atoms with van der Waals surface area (Å²) in [5, 5.41) is 0. The van der Waals surface area contributed by atoms with Gasteiger partial charge in [-0.2, -0.15) is 0 Å². The van der Waals surface area contributed by atoms with Crippen LogP contribution in [-0.4, -0.2) is 12.3 Å². The van der Waals surface area contributed by atoms with Crippen molar-refractivity contribution in [3.63, 3.8) is 0 Å². The summed E-state index contributed by atoms with van der Waals surface area (Å²) in [5.74, 6) is 0. The molecule has 0 aliphatic carbocycles. The number of hydrogen-bond acceptors (Lipinski definition) is 1. The van der Waals surface area contributed by atoms with Gasteiger partial charge in [-0.3, -0.25) is 0 Å². The lowest BCUT2D eigenvalue weighted by Gasteiger charge is -2.04. The fourth-order valence-electron chi connectivity index (χ4n) is 7.20. The Morgan fingerprint density at radius 3 is 0.500 bits per heavy atom. The molecule has 0 heterocycles. The molecule has 0 fully saturated rings. The highest BCUT2D eigenvalue weighted by molar-refractivity contribution is 8.05. The van der Waals surface area contributed by atoms with Gasteiger partial charge in [-0.25, -0.2) is 0 Å². The van der Waals surface area contributed by atoms with Crippen LogP contribution in [0, 0.1) is 0 Å². The van der Waals surface area contributed by atoms with Crippen LogP contribution in [0.25, 0.3) is 0 Å². The molecule has 0 unspecified atom stereocenters. The van der Waals surface area contributed by atoms with Gasteiger partial charge in [-0.1, -0.05) is 245 Å². The molecule has 0 aromatic rings. The topological polar surface area (TPSA) is 0 Å². The van der Waals surface area contributed by atoms with Gasteiger partial charge in [-0.15, -0.1) is 0 Å². The quantitative estimate of drug-likeness (QED) is 0.0456. The Labute approximate surface area is 300 Å². The van der Waals surface area contributed by atoms with Gasteiger partial charge in [-0.05, 0) is 25.7 Å². The minimum Gasteiger partial charge on any atom is -0.0654 e. The highest BCUT2D eigenvalue weighted by Gasteiger charge is 2.08. The summed E-state index contributed by atoms with van der Waals surface area (Å²) in [4.78, 5) is 0. The Morgan fingerprint density at radius 2 is 0.348 bits per heavy atom. The molecule has 0 radical (unpaired) electrons. The van der Waals surface area contributed by atoms with Crippen molar-refractivity contribution in [3.8, 4) is 0 Å². The van der Waals surface area contributed by atoms with Crippen LogP contribution < -0.4 is 0 Å². The van der Waals surface area contributed by atoms with Crippen LogP contribution in [0.15, 0.2) is 0 Å². The zero-order chi connectivity index (χ0) is 33.3. The maximum absolute atomic E-state index is 5.85. The fraction of sp³-hybridized carbons (Fsp3) is 1.00. The summed E-state index contributed by atoms with van der Waals surface area (Å²) in [5.41, 5.74) is 0. The smallest absolute Gasteiger partial charge is 0.0654 e. The highest BCUT2D eigenvalue weighted by atomic mass is 32.4. The van der Waals surface area contributed by atoms with E-state index in [2.05, 4.69) is 13.8 Å². The van der Waals surface area contributed by atoms with Crippen molar-refractivity contribution in [1.29, 1.82) is 0 Å². The minimum atomic E-state index is -0.0891. The van der Waals surface area contributed by atoms with E-state index >= 15 is 0 Å². The van der Waals surface area contributed by atoms with Crippen LogP contribution in [0.5, 0.6) is 0 Å². The summed E-state index contributed by atoms with van der Waals surface area (Å²) >= 11 is 5.85. The second kappa shape index (κ2) is 43.5. The van der Waals surface area contributed by atoms with Crippen molar-refractivity contribution in [2.75, 3.05) is 12.3 Å². The first-order valence-electron chi connectivity index (χ1n) is 22.2. The average Bonchev–Trinajstić information content (AvgIpc) is 3.06. The molecule has 0 nitrogen and oxygen atoms in total. The van der Waals surface area contributed by atoms with Crippen LogP contribution in [0.1, 0.15) is 271 Å². The third-order valence-corrected chi connectivity index (χ3v) is 13.2. The molecule has 0 amide bonds. The second-order valence-electron chi connectivity index (χ2n) is 15.4. The van der Waals surface area contributed by atoms with Crippen molar-refractivity contribution in [2.45, 2.75) is 271 Å². The van der Waals surface area contributed by atoms with E-state index < -0.39 is 0 Å². The Bertz CT molecular complexity index is 500. The Balaban J connectivity index is 3.14. The van der Waals surface area contributed by atoms with Gasteiger partial charge in [0.2, 0.25) is 0 Å². The molecule has 0 rings (SSSR count). The summed E-state index contributed by atoms with van der Waals surface area (Å²) in [6.45, 7) is 4.53. The number of unbranched alkanes of at least 4 members (excludes halogenated alkanes) is 38. The van der Waals surface area contributed by atoms with Crippen molar-refractivity contribution in [2.24, 2.45) is 0 Å². The molecule has 276 valence electrons. The molecule has 0 aliphatic heterocycles. The third kappa shape index (κ3) is 42.5. The molecule has 0 aromatic heterocycles. The average molecular weight is 682 g/mol. The lowest BCUT2D eigenvalue weighted by atomic mass is 10.0. The maximum atomic E-state index is 5.85. The van der Waals surface area contributed by atoms with Crippen LogP contribution in [0.2, 0.25) is 0 Å². The lowest BCUT2D eigenvalue weighted by molar-refractivity contribution is 0.522. The summed E-state index contributed by atoms with van der Waals surface area (Å²) in [6, 6.07) is 0. The van der Waals surface area contributed by atoms with E-state index in [0.717, 1.165) is 0 Å². The van der Waals surface area contributed by atoms with E-state index in [-0.39, 0.29) is 6.70 Å². The summed E-state index contributed by atoms with van der Waals surface area (Å²) in [7, 11) is 0. The molecule has 0 saturated carbocycles. The Kier molecular flexibility index (Phi) is 44.0. The monoisotopic (exact) mass is 682 g/mol. The summed E-state index contributed by atoms with van der Waals surface area (Å²) in [6.07, 6.45) is 61.4. The normalized spacial score (nSPS) is 11.5. The van der Waals surface area contributed by atoms with Gasteiger partial charge in [0.1, 0.15) is 12.3 Å². The molecule has 0 bridgehead atoms. The second-order valence-corrected chi connectivity index (χ2v) is 18.8. The predicted octanol–water partition coefficient (Wildman–Crippen LogP) is 17.6. The SMILES string of the molecule is CCCCCCCCCCCCCCCCCCCCCC[P+](=S)CCCCCCCCCCCCCCCCCCCCCC. The van der Waals surface area contributed by atoms with Gasteiger partial charge in [0.15, 0.2) is 18.5 Å². The van der Waals surface area contributed by atoms with Gasteiger partial charge in [0.25, 0.3) is 0 Å². The van der Waals surface area contributed by atoms with E-state index in [1.165, 1.54) is 269 Å². The van der Waals surface area contributed by atoms with Crippen molar-refractivity contribution >= 4 is 18.5 Å². The highest BCUT2D eigenvalue weighted by Crippen LogP contribution is 2.26. The van der Waals surface area contributed by atoms with E-state index in [0.29, 0.717) is 0 Å². The molecule has 46 heavy (non-hydrogen) atoms. The fourth-order valence-corrected chi connectivity index (χ4v) is 9.35. The first-order chi connectivity index (χ1) is 22.8. The molecule has 0 aliphatic rings. The Hall–Kier alpha value is 0.520. The molecule has 0 saturated heterocycles. The minimum absolute atomic E-state index is 0.0891. The maximum Gasteiger partial charge on any atom is 0.175 e. The number of hydrogen-bond donors (Lipinski definition) is 0. The van der Waals surface area contributed by atoms with Crippen molar-refractivity contribution < 1.29 is 0 Å². The van der Waals surface area contributed by atoms with E-state index in [9.17, 15) is 0 Å². The van der Waals surface area contributed by atoms with E-state index in [1.807, 2.05) is 0 Å². The van der Waals surface area contributed by atoms with Crippen LogP contribution in [-0.2, 0) is 11.8 Å². The molecular formula is C44H90PS+. The van der Waals surface area contributed by atoms with Gasteiger partial charge < -0.3 is 0 Å². The van der Waals surface area contributed by atoms with E-state index in [4.69, 9.17) is 11.8 Å². The molecule has 0 N–H and O–H groups in total. The molecule has 0 atom stereocenters. The van der Waals surface area contributed by atoms with Crippen LogP contribution in [0.3, 0.4) is 0 Å². The molecular weight excluding hydrogens is 592 g/mol. The van der Waals surface area contributed by atoms with Crippen LogP contribution >= 0.6 is 6.70 Å². The van der Waals surface area contributed by atoms with Crippen molar-refractivity contribution in [3.05, 3.63) is 0 Å². The molecule has 2 heteroatoms. The first kappa shape index (κ1) is 46.5. The van der Waals surface area contributed by atoms with E-state index in [1.54, 1.807) is 0 Å². The molecule has 0 spiro atoms. The predicted molar refractivity (Wildman–Crippen MR) is 220 cm³/mol. The zero-order valence-electron chi connectivity index (χ0n) is 32.6.